The number of ether oxygens (including phenoxy) is 1. The van der Waals surface area contributed by atoms with Gasteiger partial charge in [0.05, 0.1) is 24.7 Å². The third-order valence-electron chi connectivity index (χ3n) is 3.01. The number of carbonyl (C=O) groups excluding carboxylic acids is 1. The smallest absolute Gasteiger partial charge is 0.309 e. The van der Waals surface area contributed by atoms with Crippen LogP contribution in [-0.2, 0) is 16.1 Å². The van der Waals surface area contributed by atoms with Gasteiger partial charge in [-0.05, 0) is 24.6 Å². The van der Waals surface area contributed by atoms with Gasteiger partial charge in [-0.2, -0.15) is 5.26 Å². The molecule has 0 saturated heterocycles. The average molecular weight is 246 g/mol. The standard InChI is InChI=1S/C14H18N2O2/c1-10(14(17)18-3)11(2)16-9-13-6-4-5-12(7-13)8-15/h4-7,10-11,16H,9H2,1-3H3. The molecule has 0 aliphatic rings. The predicted octanol–water partition coefficient (Wildman–Crippen LogP) is 1.85. The van der Waals surface area contributed by atoms with Crippen LogP contribution < -0.4 is 5.32 Å². The van der Waals surface area contributed by atoms with Gasteiger partial charge in [0, 0.05) is 12.6 Å². The normalized spacial score (nSPS) is 13.4. The predicted molar refractivity (Wildman–Crippen MR) is 68.6 cm³/mol. The third kappa shape index (κ3) is 3.86. The van der Waals surface area contributed by atoms with E-state index >= 15 is 0 Å². The fraction of sp³-hybridized carbons (Fsp3) is 0.429. The molecule has 1 N–H and O–H groups in total. The zero-order valence-corrected chi connectivity index (χ0v) is 10.9. The van der Waals surface area contributed by atoms with Gasteiger partial charge in [-0.15, -0.1) is 0 Å². The summed E-state index contributed by atoms with van der Waals surface area (Å²) in [4.78, 5) is 11.4. The number of hydrogen-bond acceptors (Lipinski definition) is 4. The molecule has 0 spiro atoms. The van der Waals surface area contributed by atoms with Gasteiger partial charge in [0.1, 0.15) is 0 Å². The summed E-state index contributed by atoms with van der Waals surface area (Å²) in [5.41, 5.74) is 1.67. The molecule has 0 amide bonds. The lowest BCUT2D eigenvalue weighted by atomic mass is 10.0. The van der Waals surface area contributed by atoms with Crippen molar-refractivity contribution < 1.29 is 9.53 Å². The van der Waals surface area contributed by atoms with Crippen LogP contribution in [0.2, 0.25) is 0 Å². The SMILES string of the molecule is COC(=O)C(C)C(C)NCc1cccc(C#N)c1. The summed E-state index contributed by atoms with van der Waals surface area (Å²) in [6.07, 6.45) is 0. The Hall–Kier alpha value is -1.86. The fourth-order valence-corrected chi connectivity index (χ4v) is 1.60. The second kappa shape index (κ2) is 6.77. The van der Waals surface area contributed by atoms with Gasteiger partial charge in [-0.3, -0.25) is 4.79 Å². The maximum absolute atomic E-state index is 11.4. The summed E-state index contributed by atoms with van der Waals surface area (Å²) in [6, 6.07) is 9.52. The number of methoxy groups -OCH3 is 1. The van der Waals surface area contributed by atoms with Crippen molar-refractivity contribution in [2.24, 2.45) is 5.92 Å². The third-order valence-corrected chi connectivity index (χ3v) is 3.01. The van der Waals surface area contributed by atoms with Crippen LogP contribution in [0, 0.1) is 17.2 Å². The van der Waals surface area contributed by atoms with Crippen molar-refractivity contribution in [3.05, 3.63) is 35.4 Å². The van der Waals surface area contributed by atoms with E-state index in [1.165, 1.54) is 7.11 Å². The van der Waals surface area contributed by atoms with E-state index in [1.807, 2.05) is 32.0 Å². The number of hydrogen-bond donors (Lipinski definition) is 1. The van der Waals surface area contributed by atoms with Crippen LogP contribution in [0.3, 0.4) is 0 Å². The molecule has 18 heavy (non-hydrogen) atoms. The van der Waals surface area contributed by atoms with Gasteiger partial charge in [-0.25, -0.2) is 0 Å². The van der Waals surface area contributed by atoms with Crippen molar-refractivity contribution in [1.29, 1.82) is 5.26 Å². The average Bonchev–Trinajstić information content (AvgIpc) is 2.43. The van der Waals surface area contributed by atoms with Crippen molar-refractivity contribution in [1.82, 2.24) is 5.32 Å². The highest BCUT2D eigenvalue weighted by atomic mass is 16.5. The van der Waals surface area contributed by atoms with Crippen molar-refractivity contribution in [2.75, 3.05) is 7.11 Å². The number of carbonyl (C=O) groups is 1. The largest absolute Gasteiger partial charge is 0.469 e. The van der Waals surface area contributed by atoms with E-state index in [9.17, 15) is 4.79 Å². The zero-order chi connectivity index (χ0) is 13.5. The van der Waals surface area contributed by atoms with Crippen molar-refractivity contribution in [2.45, 2.75) is 26.4 Å². The molecule has 96 valence electrons. The quantitative estimate of drug-likeness (QED) is 0.805. The Kier molecular flexibility index (Phi) is 5.34. The van der Waals surface area contributed by atoms with E-state index in [1.54, 1.807) is 6.07 Å². The van der Waals surface area contributed by atoms with Crippen LogP contribution in [0.15, 0.2) is 24.3 Å². The summed E-state index contributed by atoms with van der Waals surface area (Å²) in [6.45, 7) is 4.39. The molecule has 0 bridgehead atoms. The summed E-state index contributed by atoms with van der Waals surface area (Å²) < 4.78 is 4.70. The van der Waals surface area contributed by atoms with E-state index in [0.717, 1.165) is 5.56 Å². The molecule has 1 aromatic rings. The lowest BCUT2D eigenvalue weighted by Crippen LogP contribution is -2.36. The Balaban J connectivity index is 2.54. The monoisotopic (exact) mass is 246 g/mol. The number of nitrogens with zero attached hydrogens (tertiary/aromatic N) is 1. The van der Waals surface area contributed by atoms with Crippen LogP contribution in [0.4, 0.5) is 0 Å². The number of benzene rings is 1. The van der Waals surface area contributed by atoms with Crippen LogP contribution in [0.25, 0.3) is 0 Å². The Morgan fingerprint density at radius 2 is 2.22 bits per heavy atom. The van der Waals surface area contributed by atoms with Crippen LogP contribution in [0.1, 0.15) is 25.0 Å². The van der Waals surface area contributed by atoms with Crippen LogP contribution in [-0.4, -0.2) is 19.1 Å². The Morgan fingerprint density at radius 1 is 1.50 bits per heavy atom. The lowest BCUT2D eigenvalue weighted by molar-refractivity contribution is -0.145. The minimum atomic E-state index is -0.222. The molecule has 1 rings (SSSR count). The molecule has 2 unspecified atom stereocenters. The first kappa shape index (κ1) is 14.2. The highest BCUT2D eigenvalue weighted by Crippen LogP contribution is 2.08. The summed E-state index contributed by atoms with van der Waals surface area (Å²) in [5, 5.41) is 12.1. The Bertz CT molecular complexity index is 451. The molecule has 0 aromatic heterocycles. The highest BCUT2D eigenvalue weighted by molar-refractivity contribution is 5.72. The van der Waals surface area contributed by atoms with Gasteiger partial charge >= 0.3 is 5.97 Å². The number of rotatable bonds is 5. The fourth-order valence-electron chi connectivity index (χ4n) is 1.60. The van der Waals surface area contributed by atoms with Crippen molar-refractivity contribution in [3.63, 3.8) is 0 Å². The molecule has 4 heteroatoms. The van der Waals surface area contributed by atoms with E-state index in [2.05, 4.69) is 11.4 Å². The van der Waals surface area contributed by atoms with Crippen LogP contribution in [0.5, 0.6) is 0 Å². The van der Waals surface area contributed by atoms with Gasteiger partial charge in [-0.1, -0.05) is 19.1 Å². The van der Waals surface area contributed by atoms with Gasteiger partial charge in [0.15, 0.2) is 0 Å². The van der Waals surface area contributed by atoms with Gasteiger partial charge < -0.3 is 10.1 Å². The minimum absolute atomic E-state index is 0.0168. The minimum Gasteiger partial charge on any atom is -0.469 e. The molecule has 1 aromatic carbocycles. The molecule has 0 aliphatic carbocycles. The first-order valence-corrected chi connectivity index (χ1v) is 5.88. The van der Waals surface area contributed by atoms with Crippen molar-refractivity contribution >= 4 is 5.97 Å². The lowest BCUT2D eigenvalue weighted by Gasteiger charge is -2.19. The van der Waals surface area contributed by atoms with E-state index in [0.29, 0.717) is 12.1 Å². The molecule has 0 saturated carbocycles. The first-order valence-electron chi connectivity index (χ1n) is 5.88. The summed E-state index contributed by atoms with van der Waals surface area (Å²) in [5.74, 6) is -0.421. The molecule has 0 fully saturated rings. The number of nitriles is 1. The molecule has 0 radical (unpaired) electrons. The second-order valence-electron chi connectivity index (χ2n) is 4.29. The van der Waals surface area contributed by atoms with E-state index in [-0.39, 0.29) is 17.9 Å². The summed E-state index contributed by atoms with van der Waals surface area (Å²) >= 11 is 0. The number of nitrogens with one attached hydrogen (secondary N) is 1. The van der Waals surface area contributed by atoms with Gasteiger partial charge in [0.25, 0.3) is 0 Å². The zero-order valence-electron chi connectivity index (χ0n) is 10.9. The topological polar surface area (TPSA) is 62.1 Å². The molecule has 2 atom stereocenters. The maximum atomic E-state index is 11.4. The van der Waals surface area contributed by atoms with E-state index in [4.69, 9.17) is 10.00 Å². The maximum Gasteiger partial charge on any atom is 0.309 e. The molecule has 0 heterocycles. The van der Waals surface area contributed by atoms with Crippen LogP contribution >= 0.6 is 0 Å². The molecule has 0 aliphatic heterocycles. The number of esters is 1. The van der Waals surface area contributed by atoms with Crippen molar-refractivity contribution in [3.8, 4) is 6.07 Å². The van der Waals surface area contributed by atoms with Gasteiger partial charge in [0.2, 0.25) is 0 Å². The molecule has 4 nitrogen and oxygen atoms in total. The van der Waals surface area contributed by atoms with E-state index < -0.39 is 0 Å². The molecular weight excluding hydrogens is 228 g/mol. The Morgan fingerprint density at radius 3 is 2.83 bits per heavy atom. The second-order valence-corrected chi connectivity index (χ2v) is 4.29. The summed E-state index contributed by atoms with van der Waals surface area (Å²) in [7, 11) is 1.39. The Labute approximate surface area is 108 Å². The highest BCUT2D eigenvalue weighted by Gasteiger charge is 2.20. The first-order chi connectivity index (χ1) is 8.58. The molecular formula is C14H18N2O2.